The second kappa shape index (κ2) is 6.54. The van der Waals surface area contributed by atoms with Gasteiger partial charge >= 0.3 is 0 Å². The third-order valence-electron chi connectivity index (χ3n) is 4.41. The Morgan fingerprint density at radius 1 is 1.22 bits per heavy atom. The van der Waals surface area contributed by atoms with Crippen molar-refractivity contribution in [1.29, 1.82) is 0 Å². The van der Waals surface area contributed by atoms with Crippen molar-refractivity contribution < 1.29 is 4.79 Å². The van der Waals surface area contributed by atoms with E-state index in [1.807, 2.05) is 34.0 Å². The van der Waals surface area contributed by atoms with E-state index < -0.39 is 0 Å². The molecule has 1 fully saturated rings. The van der Waals surface area contributed by atoms with Crippen molar-refractivity contribution in [2.45, 2.75) is 25.9 Å². The van der Waals surface area contributed by atoms with Crippen LogP contribution in [0.15, 0.2) is 42.7 Å². The first-order chi connectivity index (χ1) is 11.1. The predicted molar refractivity (Wildman–Crippen MR) is 90.3 cm³/mol. The van der Waals surface area contributed by atoms with Crippen LogP contribution in [0, 0.1) is 0 Å². The van der Waals surface area contributed by atoms with Gasteiger partial charge in [0.2, 0.25) is 0 Å². The van der Waals surface area contributed by atoms with Crippen LogP contribution in [0.2, 0.25) is 0 Å². The lowest BCUT2D eigenvalue weighted by Crippen LogP contribution is -2.49. The van der Waals surface area contributed by atoms with Gasteiger partial charge < -0.3 is 9.80 Å². The third-order valence-corrected chi connectivity index (χ3v) is 4.41. The number of likely N-dealkylation sites (N-methyl/N-ethyl adjacent to an activating group) is 1. The maximum absolute atomic E-state index is 13.0. The number of carbonyl (C=O) groups is 1. The van der Waals surface area contributed by atoms with Gasteiger partial charge in [-0.05, 0) is 26.5 Å². The van der Waals surface area contributed by atoms with Gasteiger partial charge in [-0.15, -0.1) is 0 Å². The van der Waals surface area contributed by atoms with Crippen molar-refractivity contribution in [1.82, 2.24) is 19.6 Å². The molecule has 1 saturated heterocycles. The van der Waals surface area contributed by atoms with Gasteiger partial charge in [0.25, 0.3) is 5.91 Å². The average molecular weight is 312 g/mol. The predicted octanol–water partition coefficient (Wildman–Crippen LogP) is 2.59. The summed E-state index contributed by atoms with van der Waals surface area (Å²) in [5.41, 5.74) is 1.85. The minimum Gasteiger partial charge on any atom is -0.329 e. The zero-order valence-corrected chi connectivity index (χ0v) is 14.0. The average Bonchev–Trinajstić information content (AvgIpc) is 3.05. The summed E-state index contributed by atoms with van der Waals surface area (Å²) in [6, 6.07) is 10.6. The van der Waals surface area contributed by atoms with Crippen molar-refractivity contribution in [2.24, 2.45) is 0 Å². The first-order valence-electron chi connectivity index (χ1n) is 8.15. The molecule has 0 unspecified atom stereocenters. The molecule has 2 aromatic rings. The molecular formula is C18H24N4O. The molecule has 3 rings (SSSR count). The van der Waals surface area contributed by atoms with Crippen LogP contribution in [0.3, 0.4) is 0 Å². The number of rotatable bonds is 3. The Bertz CT molecular complexity index is 665. The van der Waals surface area contributed by atoms with Gasteiger partial charge in [-0.2, -0.15) is 5.10 Å². The van der Waals surface area contributed by atoms with Gasteiger partial charge in [-0.1, -0.05) is 30.3 Å². The van der Waals surface area contributed by atoms with E-state index in [-0.39, 0.29) is 18.0 Å². The first-order valence-corrected chi connectivity index (χ1v) is 8.15. The molecule has 23 heavy (non-hydrogen) atoms. The topological polar surface area (TPSA) is 41.4 Å². The van der Waals surface area contributed by atoms with Gasteiger partial charge in [-0.3, -0.25) is 9.48 Å². The number of aromatic nitrogens is 2. The van der Waals surface area contributed by atoms with Crippen molar-refractivity contribution >= 4 is 5.91 Å². The molecule has 2 heterocycles. The van der Waals surface area contributed by atoms with Crippen LogP contribution >= 0.6 is 0 Å². The molecule has 0 spiro atoms. The van der Waals surface area contributed by atoms with Crippen molar-refractivity contribution in [3.63, 3.8) is 0 Å². The van der Waals surface area contributed by atoms with Crippen LogP contribution < -0.4 is 0 Å². The number of piperazine rings is 1. The fraction of sp³-hybridized carbons (Fsp3) is 0.444. The van der Waals surface area contributed by atoms with Crippen LogP contribution in [-0.2, 0) is 0 Å². The normalized spacial score (nSPS) is 19.3. The van der Waals surface area contributed by atoms with Crippen molar-refractivity contribution in [2.75, 3.05) is 26.7 Å². The summed E-state index contributed by atoms with van der Waals surface area (Å²) < 4.78 is 1.83. The largest absolute Gasteiger partial charge is 0.329 e. The molecule has 5 heteroatoms. The fourth-order valence-corrected chi connectivity index (χ4v) is 3.02. The highest BCUT2D eigenvalue weighted by atomic mass is 16.2. The number of hydrogen-bond acceptors (Lipinski definition) is 3. The SMILES string of the molecule is CC(C)n1cc(C(=O)N2CCN(C)C[C@@H]2c2ccccc2)cn1. The summed E-state index contributed by atoms with van der Waals surface area (Å²) in [5, 5.41) is 4.30. The van der Waals surface area contributed by atoms with E-state index in [4.69, 9.17) is 0 Å². The lowest BCUT2D eigenvalue weighted by atomic mass is 10.0. The summed E-state index contributed by atoms with van der Waals surface area (Å²) in [5.74, 6) is 0.0684. The quantitative estimate of drug-likeness (QED) is 0.875. The zero-order valence-electron chi connectivity index (χ0n) is 14.0. The van der Waals surface area contributed by atoms with Crippen LogP contribution in [0.4, 0.5) is 0 Å². The number of nitrogens with zero attached hydrogens (tertiary/aromatic N) is 4. The molecule has 122 valence electrons. The molecule has 1 atom stereocenters. The minimum absolute atomic E-state index is 0.0684. The number of amides is 1. The van der Waals surface area contributed by atoms with Crippen LogP contribution in [-0.4, -0.2) is 52.2 Å². The van der Waals surface area contributed by atoms with E-state index in [0.29, 0.717) is 5.56 Å². The van der Waals surface area contributed by atoms with Gasteiger partial charge in [0, 0.05) is 31.9 Å². The van der Waals surface area contributed by atoms with Crippen molar-refractivity contribution in [3.8, 4) is 0 Å². The summed E-state index contributed by atoms with van der Waals surface area (Å²) in [6.07, 6.45) is 3.54. The summed E-state index contributed by atoms with van der Waals surface area (Å²) >= 11 is 0. The second-order valence-electron chi connectivity index (χ2n) is 6.49. The van der Waals surface area contributed by atoms with E-state index in [1.165, 1.54) is 5.56 Å². The summed E-state index contributed by atoms with van der Waals surface area (Å²) in [7, 11) is 2.11. The highest BCUT2D eigenvalue weighted by Gasteiger charge is 2.31. The van der Waals surface area contributed by atoms with Crippen LogP contribution in [0.1, 0.15) is 41.9 Å². The van der Waals surface area contributed by atoms with Gasteiger partial charge in [-0.25, -0.2) is 0 Å². The standard InChI is InChI=1S/C18H24N4O/c1-14(2)22-12-16(11-19-22)18(23)21-10-9-20(3)13-17(21)15-7-5-4-6-8-15/h4-8,11-12,14,17H,9-10,13H2,1-3H3/t17-/m1/s1. The molecule has 0 N–H and O–H groups in total. The zero-order chi connectivity index (χ0) is 16.4. The van der Waals surface area contributed by atoms with Gasteiger partial charge in [0.15, 0.2) is 0 Å². The molecule has 0 aliphatic carbocycles. The Labute approximate surface area is 137 Å². The molecule has 1 aliphatic rings. The molecule has 1 aromatic carbocycles. The van der Waals surface area contributed by atoms with E-state index in [9.17, 15) is 4.79 Å². The first kappa shape index (κ1) is 15.7. The van der Waals surface area contributed by atoms with Gasteiger partial charge in [0.1, 0.15) is 0 Å². The Morgan fingerprint density at radius 2 is 1.96 bits per heavy atom. The molecule has 1 aliphatic heterocycles. The minimum atomic E-state index is 0.0684. The molecule has 0 saturated carbocycles. The lowest BCUT2D eigenvalue weighted by molar-refractivity contribution is 0.0498. The molecule has 0 radical (unpaired) electrons. The summed E-state index contributed by atoms with van der Waals surface area (Å²) in [4.78, 5) is 17.2. The monoisotopic (exact) mass is 312 g/mol. The fourth-order valence-electron chi connectivity index (χ4n) is 3.02. The lowest BCUT2D eigenvalue weighted by Gasteiger charge is -2.40. The molecule has 1 aromatic heterocycles. The summed E-state index contributed by atoms with van der Waals surface area (Å²) in [6.45, 7) is 6.61. The van der Waals surface area contributed by atoms with Crippen LogP contribution in [0.5, 0.6) is 0 Å². The van der Waals surface area contributed by atoms with Crippen LogP contribution in [0.25, 0.3) is 0 Å². The number of benzene rings is 1. The van der Waals surface area contributed by atoms with E-state index in [1.54, 1.807) is 6.20 Å². The molecular weight excluding hydrogens is 288 g/mol. The Kier molecular flexibility index (Phi) is 4.48. The van der Waals surface area contributed by atoms with E-state index in [2.05, 4.69) is 43.0 Å². The molecule has 1 amide bonds. The van der Waals surface area contributed by atoms with Gasteiger partial charge in [0.05, 0.1) is 17.8 Å². The Hall–Kier alpha value is -2.14. The van der Waals surface area contributed by atoms with E-state index >= 15 is 0 Å². The smallest absolute Gasteiger partial charge is 0.257 e. The molecule has 5 nitrogen and oxygen atoms in total. The maximum Gasteiger partial charge on any atom is 0.257 e. The third kappa shape index (κ3) is 3.29. The number of carbonyl (C=O) groups excluding carboxylic acids is 1. The Balaban J connectivity index is 1.87. The number of hydrogen-bond donors (Lipinski definition) is 0. The highest BCUT2D eigenvalue weighted by Crippen LogP contribution is 2.26. The van der Waals surface area contributed by atoms with Crippen molar-refractivity contribution in [3.05, 3.63) is 53.9 Å². The van der Waals surface area contributed by atoms with E-state index in [0.717, 1.165) is 19.6 Å². The molecule has 0 bridgehead atoms. The second-order valence-corrected chi connectivity index (χ2v) is 6.49. The highest BCUT2D eigenvalue weighted by molar-refractivity contribution is 5.94. The maximum atomic E-state index is 13.0. The Morgan fingerprint density at radius 3 is 2.61 bits per heavy atom.